The summed E-state index contributed by atoms with van der Waals surface area (Å²) in [7, 11) is 3.95. The number of hydrogen-bond acceptors (Lipinski definition) is 4. The van der Waals surface area contributed by atoms with Crippen LogP contribution >= 0.6 is 22.9 Å². The van der Waals surface area contributed by atoms with Crippen LogP contribution in [0.3, 0.4) is 0 Å². The summed E-state index contributed by atoms with van der Waals surface area (Å²) in [5, 5.41) is 6.95. The molecule has 1 aromatic heterocycles. The van der Waals surface area contributed by atoms with E-state index < -0.39 is 0 Å². The fraction of sp³-hybridized carbons (Fsp3) is 0.217. The second-order valence-electron chi connectivity index (χ2n) is 7.26. The average molecular weight is 442 g/mol. The molecule has 0 aliphatic heterocycles. The Balaban J connectivity index is 1.75. The van der Waals surface area contributed by atoms with Gasteiger partial charge in [-0.3, -0.25) is 9.59 Å². The van der Waals surface area contributed by atoms with Crippen molar-refractivity contribution in [1.82, 2.24) is 10.2 Å². The summed E-state index contributed by atoms with van der Waals surface area (Å²) in [6.07, 6.45) is 0. The summed E-state index contributed by atoms with van der Waals surface area (Å²) < 4.78 is 0. The number of benzene rings is 2. The summed E-state index contributed by atoms with van der Waals surface area (Å²) in [5.41, 5.74) is 2.25. The molecule has 1 heterocycles. The van der Waals surface area contributed by atoms with Gasteiger partial charge in [0.15, 0.2) is 0 Å². The van der Waals surface area contributed by atoms with Crippen LogP contribution in [0.25, 0.3) is 0 Å². The molecule has 0 radical (unpaired) electrons. The minimum atomic E-state index is -0.302. The molecule has 0 spiro atoms. The van der Waals surface area contributed by atoms with E-state index in [1.165, 1.54) is 11.3 Å². The Kier molecular flexibility index (Phi) is 7.26. The van der Waals surface area contributed by atoms with Gasteiger partial charge in [-0.05, 0) is 50.3 Å². The molecule has 5 nitrogen and oxygen atoms in total. The molecular formula is C23H24ClN3O2S. The van der Waals surface area contributed by atoms with Gasteiger partial charge in [0.1, 0.15) is 0 Å². The quantitative estimate of drug-likeness (QED) is 0.542. The second-order valence-corrected chi connectivity index (χ2v) is 8.72. The number of carbonyl (C=O) groups is 2. The predicted molar refractivity (Wildman–Crippen MR) is 124 cm³/mol. The zero-order chi connectivity index (χ0) is 21.7. The smallest absolute Gasteiger partial charge is 0.262 e. The van der Waals surface area contributed by atoms with Crippen molar-refractivity contribution < 1.29 is 9.59 Å². The number of rotatable bonds is 7. The number of thiophene rings is 1. The molecule has 7 heteroatoms. The van der Waals surface area contributed by atoms with Gasteiger partial charge in [0.2, 0.25) is 0 Å². The highest BCUT2D eigenvalue weighted by molar-refractivity contribution is 7.18. The third-order valence-electron chi connectivity index (χ3n) is 4.53. The lowest BCUT2D eigenvalue weighted by Gasteiger charge is -2.22. The Labute approximate surface area is 185 Å². The SMILES string of the molecule is Cc1cc(NC(=O)c2ccccc2Cl)sc1C(=O)NC(CN(C)C)c1ccccc1. The number of aryl methyl sites for hydroxylation is 1. The van der Waals surface area contributed by atoms with Crippen molar-refractivity contribution in [2.45, 2.75) is 13.0 Å². The molecule has 1 unspecified atom stereocenters. The van der Waals surface area contributed by atoms with E-state index >= 15 is 0 Å². The van der Waals surface area contributed by atoms with Gasteiger partial charge in [-0.2, -0.15) is 0 Å². The van der Waals surface area contributed by atoms with Crippen molar-refractivity contribution in [3.05, 3.63) is 87.3 Å². The minimum absolute atomic E-state index is 0.142. The molecule has 30 heavy (non-hydrogen) atoms. The molecule has 0 aliphatic carbocycles. The van der Waals surface area contributed by atoms with Crippen LogP contribution in [0.4, 0.5) is 5.00 Å². The third kappa shape index (κ3) is 5.48. The monoisotopic (exact) mass is 441 g/mol. The highest BCUT2D eigenvalue weighted by Gasteiger charge is 2.21. The van der Waals surface area contributed by atoms with E-state index in [0.717, 1.165) is 11.1 Å². The van der Waals surface area contributed by atoms with E-state index in [4.69, 9.17) is 11.6 Å². The summed E-state index contributed by atoms with van der Waals surface area (Å²) >= 11 is 7.36. The molecular weight excluding hydrogens is 418 g/mol. The van der Waals surface area contributed by atoms with Gasteiger partial charge in [-0.15, -0.1) is 11.3 Å². The lowest BCUT2D eigenvalue weighted by atomic mass is 10.1. The molecule has 0 bridgehead atoms. The van der Waals surface area contributed by atoms with Gasteiger partial charge in [-0.25, -0.2) is 0 Å². The summed E-state index contributed by atoms with van der Waals surface area (Å²) in [6.45, 7) is 2.54. The first-order valence-electron chi connectivity index (χ1n) is 9.52. The Morgan fingerprint density at radius 2 is 1.70 bits per heavy atom. The maximum atomic E-state index is 13.0. The molecule has 3 aromatic rings. The second kappa shape index (κ2) is 9.89. The maximum absolute atomic E-state index is 13.0. The van der Waals surface area contributed by atoms with Gasteiger partial charge in [0.25, 0.3) is 11.8 Å². The van der Waals surface area contributed by atoms with E-state index in [0.29, 0.717) is 27.0 Å². The normalized spacial score (nSPS) is 11.9. The van der Waals surface area contributed by atoms with E-state index in [-0.39, 0.29) is 17.9 Å². The molecule has 2 N–H and O–H groups in total. The average Bonchev–Trinajstić information content (AvgIpc) is 3.08. The highest BCUT2D eigenvalue weighted by atomic mass is 35.5. The number of amides is 2. The molecule has 0 fully saturated rings. The lowest BCUT2D eigenvalue weighted by Crippen LogP contribution is -2.35. The first-order valence-corrected chi connectivity index (χ1v) is 10.7. The Hall–Kier alpha value is -2.67. The fourth-order valence-corrected chi connectivity index (χ4v) is 4.29. The summed E-state index contributed by atoms with van der Waals surface area (Å²) in [5.74, 6) is -0.463. The number of carbonyl (C=O) groups excluding carboxylic acids is 2. The maximum Gasteiger partial charge on any atom is 0.262 e. The van der Waals surface area contributed by atoms with Crippen LogP contribution in [0.2, 0.25) is 5.02 Å². The van der Waals surface area contributed by atoms with Gasteiger partial charge in [0.05, 0.1) is 26.5 Å². The molecule has 2 amide bonds. The third-order valence-corrected chi connectivity index (χ3v) is 6.02. The molecule has 156 valence electrons. The molecule has 0 saturated carbocycles. The van der Waals surface area contributed by atoms with Crippen molar-refractivity contribution >= 4 is 39.8 Å². The van der Waals surface area contributed by atoms with Gasteiger partial charge >= 0.3 is 0 Å². The Morgan fingerprint density at radius 1 is 1.03 bits per heavy atom. The van der Waals surface area contributed by atoms with E-state index in [2.05, 4.69) is 10.6 Å². The highest BCUT2D eigenvalue weighted by Crippen LogP contribution is 2.28. The first-order chi connectivity index (χ1) is 14.3. The van der Waals surface area contributed by atoms with Crippen molar-refractivity contribution in [3.63, 3.8) is 0 Å². The van der Waals surface area contributed by atoms with Crippen molar-refractivity contribution in [2.75, 3.05) is 26.0 Å². The van der Waals surface area contributed by atoms with Gasteiger partial charge in [-0.1, -0.05) is 54.1 Å². The number of hydrogen-bond donors (Lipinski definition) is 2. The van der Waals surface area contributed by atoms with Gasteiger partial charge < -0.3 is 15.5 Å². The molecule has 3 rings (SSSR count). The number of anilines is 1. The van der Waals surface area contributed by atoms with E-state index in [9.17, 15) is 9.59 Å². The number of nitrogens with zero attached hydrogens (tertiary/aromatic N) is 1. The van der Waals surface area contributed by atoms with Crippen LogP contribution in [0.1, 0.15) is 37.2 Å². The molecule has 2 aromatic carbocycles. The predicted octanol–water partition coefficient (Wildman–Crippen LogP) is 4.99. The fourth-order valence-electron chi connectivity index (χ4n) is 3.10. The topological polar surface area (TPSA) is 61.4 Å². The van der Waals surface area contributed by atoms with Crippen LogP contribution in [0.5, 0.6) is 0 Å². The molecule has 1 atom stereocenters. The van der Waals surface area contributed by atoms with Crippen LogP contribution < -0.4 is 10.6 Å². The van der Waals surface area contributed by atoms with E-state index in [1.54, 1.807) is 30.3 Å². The first kappa shape index (κ1) is 22.0. The van der Waals surface area contributed by atoms with Crippen molar-refractivity contribution in [1.29, 1.82) is 0 Å². The number of nitrogens with one attached hydrogen (secondary N) is 2. The largest absolute Gasteiger partial charge is 0.343 e. The molecule has 0 aliphatic rings. The standard InChI is InChI=1S/C23H24ClN3O2S/c1-15-13-20(26-22(28)17-11-7-8-12-18(17)24)30-21(15)23(29)25-19(14-27(2)3)16-9-5-4-6-10-16/h4-13,19H,14H2,1-3H3,(H,25,29)(H,26,28). The minimum Gasteiger partial charge on any atom is -0.343 e. The summed E-state index contributed by atoms with van der Waals surface area (Å²) in [6, 6.07) is 18.4. The molecule has 0 saturated heterocycles. The van der Waals surface area contributed by atoms with Gasteiger partial charge in [0, 0.05) is 6.54 Å². The number of halogens is 1. The van der Waals surface area contributed by atoms with Crippen LogP contribution in [-0.4, -0.2) is 37.4 Å². The Bertz CT molecular complexity index is 1030. The van der Waals surface area contributed by atoms with E-state index in [1.807, 2.05) is 56.3 Å². The zero-order valence-corrected chi connectivity index (χ0v) is 18.7. The van der Waals surface area contributed by atoms with Crippen LogP contribution in [0, 0.1) is 6.92 Å². The van der Waals surface area contributed by atoms with Crippen LogP contribution in [0.15, 0.2) is 60.7 Å². The lowest BCUT2D eigenvalue weighted by molar-refractivity contribution is 0.0932. The van der Waals surface area contributed by atoms with Crippen molar-refractivity contribution in [3.8, 4) is 0 Å². The summed E-state index contributed by atoms with van der Waals surface area (Å²) in [4.78, 5) is 28.1. The zero-order valence-electron chi connectivity index (χ0n) is 17.1. The van der Waals surface area contributed by atoms with Crippen molar-refractivity contribution in [2.24, 2.45) is 0 Å². The Morgan fingerprint density at radius 3 is 2.37 bits per heavy atom. The van der Waals surface area contributed by atoms with Crippen LogP contribution in [-0.2, 0) is 0 Å². The number of likely N-dealkylation sites (N-methyl/N-ethyl adjacent to an activating group) is 1.